The summed E-state index contributed by atoms with van der Waals surface area (Å²) in [7, 11) is 0. The Balaban J connectivity index is 1.96. The van der Waals surface area contributed by atoms with Crippen LogP contribution in [0.4, 0.5) is 4.39 Å². The van der Waals surface area contributed by atoms with Crippen LogP contribution in [-0.4, -0.2) is 18.3 Å². The zero-order chi connectivity index (χ0) is 13.8. The number of alkyl halides is 1. The first kappa shape index (κ1) is 14.8. The summed E-state index contributed by atoms with van der Waals surface area (Å²) in [5.74, 6) is 0.898. The van der Waals surface area contributed by atoms with Gasteiger partial charge < -0.3 is 5.32 Å². The van der Waals surface area contributed by atoms with E-state index in [1.807, 2.05) is 0 Å². The number of carbonyl (C=O) groups is 1. The lowest BCUT2D eigenvalue weighted by atomic mass is 9.98. The van der Waals surface area contributed by atoms with Gasteiger partial charge in [0.1, 0.15) is 5.82 Å². The van der Waals surface area contributed by atoms with Gasteiger partial charge in [-0.2, -0.15) is 0 Å². The molecule has 0 bridgehead atoms. The summed E-state index contributed by atoms with van der Waals surface area (Å²) in [6.45, 7) is 0.610. The highest BCUT2D eigenvalue weighted by molar-refractivity contribution is 9.10. The number of benzene rings is 1. The van der Waals surface area contributed by atoms with E-state index in [2.05, 4.69) is 21.2 Å². The summed E-state index contributed by atoms with van der Waals surface area (Å²) in [5, 5.41) is 2.88. The Morgan fingerprint density at radius 1 is 1.42 bits per heavy atom. The first-order valence-corrected chi connectivity index (χ1v) is 7.74. The van der Waals surface area contributed by atoms with Crippen molar-refractivity contribution in [2.75, 3.05) is 12.4 Å². The minimum atomic E-state index is -0.424. The Labute approximate surface area is 125 Å². The van der Waals surface area contributed by atoms with Gasteiger partial charge >= 0.3 is 0 Å². The Bertz CT molecular complexity index is 469. The molecule has 19 heavy (non-hydrogen) atoms. The van der Waals surface area contributed by atoms with Crippen LogP contribution < -0.4 is 5.32 Å². The van der Waals surface area contributed by atoms with Gasteiger partial charge in [-0.15, -0.1) is 11.6 Å². The third-order valence-electron chi connectivity index (χ3n) is 3.74. The quantitative estimate of drug-likeness (QED) is 0.820. The van der Waals surface area contributed by atoms with E-state index in [4.69, 9.17) is 11.6 Å². The molecule has 1 aromatic carbocycles. The van der Waals surface area contributed by atoms with Crippen molar-refractivity contribution in [1.29, 1.82) is 0 Å². The second kappa shape index (κ2) is 6.71. The summed E-state index contributed by atoms with van der Waals surface area (Å²) in [4.78, 5) is 12.0. The molecular formula is C14H16BrClFNO. The first-order chi connectivity index (χ1) is 9.13. The van der Waals surface area contributed by atoms with Crippen LogP contribution in [0.15, 0.2) is 22.7 Å². The monoisotopic (exact) mass is 347 g/mol. The van der Waals surface area contributed by atoms with Gasteiger partial charge in [-0.05, 0) is 52.7 Å². The normalized spacial score (nSPS) is 22.5. The minimum absolute atomic E-state index is 0.216. The Morgan fingerprint density at radius 3 is 2.89 bits per heavy atom. The van der Waals surface area contributed by atoms with Crippen LogP contribution in [0.2, 0.25) is 0 Å². The van der Waals surface area contributed by atoms with E-state index in [9.17, 15) is 9.18 Å². The van der Waals surface area contributed by atoms with Crippen molar-refractivity contribution < 1.29 is 9.18 Å². The number of amides is 1. The van der Waals surface area contributed by atoms with Crippen molar-refractivity contribution in [2.24, 2.45) is 11.8 Å². The third kappa shape index (κ3) is 3.48. The van der Waals surface area contributed by atoms with Crippen molar-refractivity contribution in [3.05, 3.63) is 34.1 Å². The van der Waals surface area contributed by atoms with Gasteiger partial charge in [-0.25, -0.2) is 4.39 Å². The molecule has 0 aliphatic heterocycles. The molecule has 2 atom stereocenters. The lowest BCUT2D eigenvalue weighted by Gasteiger charge is -2.17. The largest absolute Gasteiger partial charge is 0.352 e. The smallest absolute Gasteiger partial charge is 0.252 e. The predicted octanol–water partition coefficient (Wildman–Crippen LogP) is 3.97. The molecule has 1 aromatic rings. The summed E-state index contributed by atoms with van der Waals surface area (Å²) in [6, 6.07) is 4.46. The summed E-state index contributed by atoms with van der Waals surface area (Å²) >= 11 is 9.01. The van der Waals surface area contributed by atoms with Gasteiger partial charge in [0.05, 0.1) is 10.0 Å². The van der Waals surface area contributed by atoms with Crippen molar-refractivity contribution in [2.45, 2.75) is 19.3 Å². The van der Waals surface area contributed by atoms with Crippen molar-refractivity contribution >= 4 is 33.4 Å². The molecule has 0 saturated heterocycles. The van der Waals surface area contributed by atoms with Crippen LogP contribution in [0.5, 0.6) is 0 Å². The highest BCUT2D eigenvalue weighted by atomic mass is 79.9. The standard InChI is InChI=1S/C14H16BrClFNO/c15-13-11(5-2-6-12(13)17)14(19)18-8-10-4-1-3-9(10)7-16/h2,5-6,9-10H,1,3-4,7-8H2,(H,18,19). The fraction of sp³-hybridized carbons (Fsp3) is 0.500. The molecule has 2 nitrogen and oxygen atoms in total. The molecule has 1 N–H and O–H groups in total. The molecule has 1 saturated carbocycles. The topological polar surface area (TPSA) is 29.1 Å². The molecule has 1 fully saturated rings. The maximum atomic E-state index is 13.4. The SMILES string of the molecule is O=C(NCC1CCCC1CCl)c1cccc(F)c1Br. The number of hydrogen-bond acceptors (Lipinski definition) is 1. The number of halogens is 3. The van der Waals surface area contributed by atoms with E-state index in [0.29, 0.717) is 29.8 Å². The summed E-state index contributed by atoms with van der Waals surface area (Å²) in [5.41, 5.74) is 0.334. The van der Waals surface area contributed by atoms with Crippen molar-refractivity contribution in [1.82, 2.24) is 5.32 Å². The maximum absolute atomic E-state index is 13.4. The number of hydrogen-bond donors (Lipinski definition) is 1. The van der Waals surface area contributed by atoms with Crippen LogP contribution in [0.1, 0.15) is 29.6 Å². The second-order valence-corrected chi connectivity index (χ2v) is 6.02. The average Bonchev–Trinajstić information content (AvgIpc) is 2.86. The van der Waals surface area contributed by atoms with Gasteiger partial charge in [-0.1, -0.05) is 12.5 Å². The average molecular weight is 349 g/mol. The van der Waals surface area contributed by atoms with E-state index in [1.165, 1.54) is 18.6 Å². The van der Waals surface area contributed by atoms with E-state index in [0.717, 1.165) is 12.8 Å². The predicted molar refractivity (Wildman–Crippen MR) is 78.0 cm³/mol. The van der Waals surface area contributed by atoms with E-state index < -0.39 is 5.82 Å². The van der Waals surface area contributed by atoms with Gasteiger partial charge in [0.25, 0.3) is 5.91 Å². The molecule has 104 valence electrons. The Kier molecular flexibility index (Phi) is 5.22. The van der Waals surface area contributed by atoms with Gasteiger partial charge in [0.2, 0.25) is 0 Å². The molecule has 1 aliphatic rings. The van der Waals surface area contributed by atoms with E-state index in [1.54, 1.807) is 6.07 Å². The molecule has 1 aliphatic carbocycles. The number of nitrogens with one attached hydrogen (secondary N) is 1. The van der Waals surface area contributed by atoms with Crippen molar-refractivity contribution in [3.63, 3.8) is 0 Å². The number of rotatable bonds is 4. The third-order valence-corrected chi connectivity index (χ3v) is 4.94. The molecule has 0 heterocycles. The molecular weight excluding hydrogens is 333 g/mol. The molecule has 0 spiro atoms. The maximum Gasteiger partial charge on any atom is 0.252 e. The van der Waals surface area contributed by atoms with Crippen LogP contribution in [-0.2, 0) is 0 Å². The summed E-state index contributed by atoms with van der Waals surface area (Å²) < 4.78 is 13.6. The highest BCUT2D eigenvalue weighted by Crippen LogP contribution is 2.32. The van der Waals surface area contributed by atoms with Gasteiger partial charge in [0, 0.05) is 12.4 Å². The lowest BCUT2D eigenvalue weighted by Crippen LogP contribution is -2.31. The molecule has 5 heteroatoms. The lowest BCUT2D eigenvalue weighted by molar-refractivity contribution is 0.0943. The molecule has 2 rings (SSSR count). The molecule has 2 unspecified atom stereocenters. The van der Waals surface area contributed by atoms with E-state index >= 15 is 0 Å². The molecule has 1 amide bonds. The number of carbonyl (C=O) groups excluding carboxylic acids is 1. The zero-order valence-corrected chi connectivity index (χ0v) is 12.8. The first-order valence-electron chi connectivity index (χ1n) is 6.41. The highest BCUT2D eigenvalue weighted by Gasteiger charge is 2.27. The molecule has 0 radical (unpaired) electrons. The van der Waals surface area contributed by atoms with Crippen LogP contribution in [0, 0.1) is 17.7 Å². The minimum Gasteiger partial charge on any atom is -0.352 e. The fourth-order valence-electron chi connectivity index (χ4n) is 2.58. The van der Waals surface area contributed by atoms with Gasteiger partial charge in [0.15, 0.2) is 0 Å². The Hall–Kier alpha value is -0.610. The van der Waals surface area contributed by atoms with Crippen LogP contribution >= 0.6 is 27.5 Å². The fourth-order valence-corrected chi connectivity index (χ4v) is 3.43. The van der Waals surface area contributed by atoms with Gasteiger partial charge in [-0.3, -0.25) is 4.79 Å². The zero-order valence-electron chi connectivity index (χ0n) is 10.5. The van der Waals surface area contributed by atoms with Crippen LogP contribution in [0.3, 0.4) is 0 Å². The van der Waals surface area contributed by atoms with E-state index in [-0.39, 0.29) is 10.4 Å². The summed E-state index contributed by atoms with van der Waals surface area (Å²) in [6.07, 6.45) is 3.40. The van der Waals surface area contributed by atoms with Crippen LogP contribution in [0.25, 0.3) is 0 Å². The molecule has 0 aromatic heterocycles. The second-order valence-electron chi connectivity index (χ2n) is 4.92. The Morgan fingerprint density at radius 2 is 2.16 bits per heavy atom. The van der Waals surface area contributed by atoms with Crippen molar-refractivity contribution in [3.8, 4) is 0 Å².